The Kier molecular flexibility index (Phi) is 5.83. The van der Waals surface area contributed by atoms with Crippen LogP contribution < -0.4 is 0 Å². The van der Waals surface area contributed by atoms with Gasteiger partial charge in [-0.3, -0.25) is 0 Å². The van der Waals surface area contributed by atoms with E-state index in [1.54, 1.807) is 17.8 Å². The van der Waals surface area contributed by atoms with E-state index < -0.39 is 0 Å². The molecular weight excluding hydrogens is 292 g/mol. The molecular formula is C15H17ClN2OS. The first kappa shape index (κ1) is 15.3. The predicted octanol–water partition coefficient (Wildman–Crippen LogP) is 4.27. The Bertz CT molecular complexity index is 578. The van der Waals surface area contributed by atoms with Gasteiger partial charge in [0.2, 0.25) is 0 Å². The zero-order valence-corrected chi connectivity index (χ0v) is 13.2. The van der Waals surface area contributed by atoms with E-state index in [0.717, 1.165) is 10.8 Å². The Labute approximate surface area is 128 Å². The number of hydrogen-bond donors (Lipinski definition) is 0. The molecule has 1 aromatic heterocycles. The lowest BCUT2D eigenvalue weighted by Crippen LogP contribution is -2.00. The number of hydrogen-bond acceptors (Lipinski definition) is 4. The summed E-state index contributed by atoms with van der Waals surface area (Å²) in [6.07, 6.45) is 0. The number of nitrogens with zero attached hydrogens (tertiary/aromatic N) is 2. The predicted molar refractivity (Wildman–Crippen MR) is 83.1 cm³/mol. The summed E-state index contributed by atoms with van der Waals surface area (Å²) in [6.45, 7) is 5.07. The third-order valence-corrected chi connectivity index (χ3v) is 3.80. The molecule has 0 aliphatic rings. The molecule has 0 atom stereocenters. The minimum absolute atomic E-state index is 0.398. The first-order valence-corrected chi connectivity index (χ1v) is 7.83. The van der Waals surface area contributed by atoms with E-state index in [2.05, 4.69) is 41.2 Å². The molecule has 0 fully saturated rings. The van der Waals surface area contributed by atoms with Crippen LogP contribution in [0.1, 0.15) is 23.9 Å². The normalized spacial score (nSPS) is 10.8. The van der Waals surface area contributed by atoms with Gasteiger partial charge in [-0.25, -0.2) is 9.97 Å². The second-order valence-electron chi connectivity index (χ2n) is 4.36. The quantitative estimate of drug-likeness (QED) is 0.590. The van der Waals surface area contributed by atoms with Crippen LogP contribution in [0.3, 0.4) is 0 Å². The van der Waals surface area contributed by atoms with Crippen LogP contribution in [0.5, 0.6) is 0 Å². The molecule has 1 aromatic carbocycles. The molecule has 106 valence electrons. The highest BCUT2D eigenvalue weighted by Gasteiger charge is 2.05. The molecule has 0 amide bonds. The van der Waals surface area contributed by atoms with Gasteiger partial charge in [-0.15, -0.1) is 11.8 Å². The van der Waals surface area contributed by atoms with Crippen LogP contribution in [0.4, 0.5) is 0 Å². The summed E-state index contributed by atoms with van der Waals surface area (Å²) in [5, 5.41) is 1.34. The summed E-state index contributed by atoms with van der Waals surface area (Å²) >= 11 is 7.67. The highest BCUT2D eigenvalue weighted by Crippen LogP contribution is 2.23. The molecule has 0 N–H and O–H groups in total. The average Bonchev–Trinajstić information content (AvgIpc) is 2.42. The molecule has 3 nitrogen and oxygen atoms in total. The maximum absolute atomic E-state index is 6.02. The summed E-state index contributed by atoms with van der Waals surface area (Å²) in [4.78, 5) is 8.61. The van der Waals surface area contributed by atoms with Gasteiger partial charge < -0.3 is 4.74 Å². The number of aryl methyl sites for hydroxylation is 1. The molecule has 0 spiro atoms. The average molecular weight is 309 g/mol. The van der Waals surface area contributed by atoms with Crippen molar-refractivity contribution >= 4 is 23.4 Å². The van der Waals surface area contributed by atoms with Gasteiger partial charge in [0.25, 0.3) is 0 Å². The molecule has 1 heterocycles. The lowest BCUT2D eigenvalue weighted by molar-refractivity contribution is 0.128. The Morgan fingerprint density at radius 1 is 1.25 bits per heavy atom. The standard InChI is InChI=1S/C15H17ClN2OS/c1-3-19-9-14-17-13(16)8-15(18-14)20-10-12-6-4-5-11(2)7-12/h4-8H,3,9-10H2,1-2H3. The zero-order chi connectivity index (χ0) is 14.4. The Hall–Kier alpha value is -1.10. The molecule has 5 heteroatoms. The molecule has 0 aliphatic carbocycles. The number of rotatable bonds is 6. The van der Waals surface area contributed by atoms with E-state index in [1.165, 1.54) is 11.1 Å². The van der Waals surface area contributed by atoms with Gasteiger partial charge in [0.05, 0.1) is 0 Å². The van der Waals surface area contributed by atoms with Crippen LogP contribution in [-0.2, 0) is 17.1 Å². The van der Waals surface area contributed by atoms with Gasteiger partial charge >= 0.3 is 0 Å². The second-order valence-corrected chi connectivity index (χ2v) is 5.74. The minimum Gasteiger partial charge on any atom is -0.374 e. The smallest absolute Gasteiger partial charge is 0.156 e. The number of ether oxygens (including phenoxy) is 1. The number of aromatic nitrogens is 2. The zero-order valence-electron chi connectivity index (χ0n) is 11.6. The van der Waals surface area contributed by atoms with Crippen LogP contribution in [0.25, 0.3) is 0 Å². The van der Waals surface area contributed by atoms with Crippen molar-refractivity contribution in [1.82, 2.24) is 9.97 Å². The van der Waals surface area contributed by atoms with Crippen molar-refractivity contribution < 1.29 is 4.74 Å². The van der Waals surface area contributed by atoms with E-state index in [-0.39, 0.29) is 0 Å². The summed E-state index contributed by atoms with van der Waals surface area (Å²) in [7, 11) is 0. The molecule has 0 unspecified atom stereocenters. The first-order chi connectivity index (χ1) is 9.67. The summed E-state index contributed by atoms with van der Waals surface area (Å²) < 4.78 is 5.32. The van der Waals surface area contributed by atoms with Gasteiger partial charge in [0.15, 0.2) is 5.82 Å². The molecule has 0 bridgehead atoms. The molecule has 2 aromatic rings. The van der Waals surface area contributed by atoms with Gasteiger partial charge in [-0.05, 0) is 19.4 Å². The van der Waals surface area contributed by atoms with Gasteiger partial charge in [0, 0.05) is 18.4 Å². The van der Waals surface area contributed by atoms with Crippen LogP contribution in [0.2, 0.25) is 5.15 Å². The van der Waals surface area contributed by atoms with E-state index in [4.69, 9.17) is 16.3 Å². The fraction of sp³-hybridized carbons (Fsp3) is 0.333. The van der Waals surface area contributed by atoms with Crippen LogP contribution in [-0.4, -0.2) is 16.6 Å². The van der Waals surface area contributed by atoms with Crippen molar-refractivity contribution in [3.63, 3.8) is 0 Å². The Morgan fingerprint density at radius 2 is 2.10 bits per heavy atom. The van der Waals surface area contributed by atoms with Crippen molar-refractivity contribution in [2.45, 2.75) is 31.2 Å². The van der Waals surface area contributed by atoms with E-state index in [1.807, 2.05) is 6.92 Å². The molecule has 0 radical (unpaired) electrons. The van der Waals surface area contributed by atoms with Crippen LogP contribution in [0.15, 0.2) is 35.4 Å². The summed E-state index contributed by atoms with van der Waals surface area (Å²) in [6, 6.07) is 10.2. The van der Waals surface area contributed by atoms with Crippen molar-refractivity contribution in [2.75, 3.05) is 6.61 Å². The van der Waals surface area contributed by atoms with Crippen molar-refractivity contribution in [2.24, 2.45) is 0 Å². The summed E-state index contributed by atoms with van der Waals surface area (Å²) in [5.74, 6) is 1.49. The van der Waals surface area contributed by atoms with Crippen molar-refractivity contribution in [3.05, 3.63) is 52.4 Å². The Morgan fingerprint density at radius 3 is 2.85 bits per heavy atom. The molecule has 2 rings (SSSR count). The van der Waals surface area contributed by atoms with E-state index in [9.17, 15) is 0 Å². The first-order valence-electron chi connectivity index (χ1n) is 6.47. The van der Waals surface area contributed by atoms with Crippen LogP contribution >= 0.6 is 23.4 Å². The fourth-order valence-electron chi connectivity index (χ4n) is 1.73. The largest absolute Gasteiger partial charge is 0.374 e. The molecule has 0 aliphatic heterocycles. The highest BCUT2D eigenvalue weighted by molar-refractivity contribution is 7.98. The SMILES string of the molecule is CCOCc1nc(Cl)cc(SCc2cccc(C)c2)n1. The maximum Gasteiger partial charge on any atom is 0.156 e. The van der Waals surface area contributed by atoms with E-state index in [0.29, 0.717) is 24.2 Å². The number of halogens is 1. The third kappa shape index (κ3) is 4.78. The maximum atomic E-state index is 6.02. The van der Waals surface area contributed by atoms with Crippen LogP contribution in [0, 0.1) is 6.92 Å². The van der Waals surface area contributed by atoms with Gasteiger partial charge in [0.1, 0.15) is 16.8 Å². The Balaban J connectivity index is 2.03. The van der Waals surface area contributed by atoms with E-state index >= 15 is 0 Å². The summed E-state index contributed by atoms with van der Waals surface area (Å²) in [5.41, 5.74) is 2.54. The van der Waals surface area contributed by atoms with Gasteiger partial charge in [-0.1, -0.05) is 41.4 Å². The van der Waals surface area contributed by atoms with Gasteiger partial charge in [-0.2, -0.15) is 0 Å². The molecule has 0 saturated heterocycles. The number of benzene rings is 1. The lowest BCUT2D eigenvalue weighted by Gasteiger charge is -2.06. The lowest BCUT2D eigenvalue weighted by atomic mass is 10.2. The highest BCUT2D eigenvalue weighted by atomic mass is 35.5. The minimum atomic E-state index is 0.398. The fourth-order valence-corrected chi connectivity index (χ4v) is 2.86. The third-order valence-electron chi connectivity index (χ3n) is 2.62. The van der Waals surface area contributed by atoms with Crippen molar-refractivity contribution in [3.8, 4) is 0 Å². The molecule has 20 heavy (non-hydrogen) atoms. The second kappa shape index (κ2) is 7.62. The van der Waals surface area contributed by atoms with Crippen molar-refractivity contribution in [1.29, 1.82) is 0 Å². The monoisotopic (exact) mass is 308 g/mol. The molecule has 0 saturated carbocycles. The topological polar surface area (TPSA) is 35.0 Å². The number of thioether (sulfide) groups is 1.